The Balaban J connectivity index is 2.11. The van der Waals surface area contributed by atoms with E-state index in [0.29, 0.717) is 6.04 Å². The smallest absolute Gasteiger partial charge is 0.0596 e. The summed E-state index contributed by atoms with van der Waals surface area (Å²) < 4.78 is 0. The molecule has 1 unspecified atom stereocenters. The van der Waals surface area contributed by atoms with Crippen molar-refractivity contribution in [3.05, 3.63) is 60.2 Å². The predicted molar refractivity (Wildman–Crippen MR) is 88.6 cm³/mol. The Labute approximate surface area is 122 Å². The number of nitrogens with zero attached hydrogens (tertiary/aromatic N) is 1. The lowest BCUT2D eigenvalue weighted by Crippen LogP contribution is -2.23. The van der Waals surface area contributed by atoms with Gasteiger partial charge in [0, 0.05) is 20.1 Å². The van der Waals surface area contributed by atoms with Crippen LogP contribution in [-0.2, 0) is 6.42 Å². The van der Waals surface area contributed by atoms with Crippen LogP contribution in [0.15, 0.2) is 54.6 Å². The van der Waals surface area contributed by atoms with Gasteiger partial charge in [0.25, 0.3) is 0 Å². The highest BCUT2D eigenvalue weighted by molar-refractivity contribution is 5.69. The van der Waals surface area contributed by atoms with Gasteiger partial charge in [-0.15, -0.1) is 0 Å². The first-order valence-electron chi connectivity index (χ1n) is 7.27. The summed E-state index contributed by atoms with van der Waals surface area (Å²) in [6, 6.07) is 19.6. The van der Waals surface area contributed by atoms with Gasteiger partial charge in [-0.1, -0.05) is 49.4 Å². The second-order valence-electron chi connectivity index (χ2n) is 5.35. The molecule has 0 saturated heterocycles. The molecule has 2 heteroatoms. The van der Waals surface area contributed by atoms with Crippen LogP contribution < -0.4 is 10.2 Å². The zero-order valence-corrected chi connectivity index (χ0v) is 12.6. The molecule has 0 heterocycles. The minimum absolute atomic E-state index is 0.457. The molecule has 2 aromatic rings. The molecule has 0 aliphatic heterocycles. The van der Waals surface area contributed by atoms with E-state index in [-0.39, 0.29) is 0 Å². The average molecular weight is 268 g/mol. The molecule has 0 aromatic heterocycles. The highest BCUT2D eigenvalue weighted by atomic mass is 15.1. The van der Waals surface area contributed by atoms with E-state index < -0.39 is 0 Å². The monoisotopic (exact) mass is 268 g/mol. The zero-order chi connectivity index (χ0) is 14.4. The van der Waals surface area contributed by atoms with Gasteiger partial charge >= 0.3 is 0 Å². The fourth-order valence-electron chi connectivity index (χ4n) is 2.40. The Morgan fingerprint density at radius 1 is 0.950 bits per heavy atom. The number of anilines is 2. The van der Waals surface area contributed by atoms with Crippen molar-refractivity contribution in [2.24, 2.45) is 0 Å². The van der Waals surface area contributed by atoms with Crippen LogP contribution in [0.4, 0.5) is 11.4 Å². The first-order chi connectivity index (χ1) is 9.70. The molecule has 0 aliphatic carbocycles. The van der Waals surface area contributed by atoms with Gasteiger partial charge in [0.2, 0.25) is 0 Å². The standard InChI is InChI=1S/C18H24N2/c1-4-16(14-15-10-6-5-7-11-15)19-17-12-8-9-13-18(17)20(2)3/h5-13,16,19H,4,14H2,1-3H3. The molecule has 106 valence electrons. The molecule has 1 N–H and O–H groups in total. The summed E-state index contributed by atoms with van der Waals surface area (Å²) in [5, 5.41) is 3.69. The molecule has 0 radical (unpaired) electrons. The minimum Gasteiger partial charge on any atom is -0.380 e. The molecule has 2 nitrogen and oxygen atoms in total. The molecule has 2 aromatic carbocycles. The van der Waals surface area contributed by atoms with E-state index >= 15 is 0 Å². The van der Waals surface area contributed by atoms with E-state index in [1.165, 1.54) is 16.9 Å². The molecule has 20 heavy (non-hydrogen) atoms. The van der Waals surface area contributed by atoms with Gasteiger partial charge in [0.15, 0.2) is 0 Å². The van der Waals surface area contributed by atoms with Crippen LogP contribution in [0.1, 0.15) is 18.9 Å². The number of hydrogen-bond donors (Lipinski definition) is 1. The summed E-state index contributed by atoms with van der Waals surface area (Å²) in [5.41, 5.74) is 3.83. The Kier molecular flexibility index (Phi) is 5.05. The fourth-order valence-corrected chi connectivity index (χ4v) is 2.40. The maximum atomic E-state index is 3.69. The highest BCUT2D eigenvalue weighted by Gasteiger charge is 2.10. The number of rotatable bonds is 6. The Morgan fingerprint density at radius 2 is 1.60 bits per heavy atom. The Morgan fingerprint density at radius 3 is 2.25 bits per heavy atom. The molecule has 0 amide bonds. The molecule has 0 bridgehead atoms. The van der Waals surface area contributed by atoms with Crippen LogP contribution in [0.5, 0.6) is 0 Å². The molecule has 0 fully saturated rings. The topological polar surface area (TPSA) is 15.3 Å². The van der Waals surface area contributed by atoms with Crippen LogP contribution in [-0.4, -0.2) is 20.1 Å². The van der Waals surface area contributed by atoms with Crippen molar-refractivity contribution in [2.45, 2.75) is 25.8 Å². The molecule has 2 rings (SSSR count). The maximum Gasteiger partial charge on any atom is 0.0596 e. The van der Waals surface area contributed by atoms with Crippen molar-refractivity contribution in [1.29, 1.82) is 0 Å². The minimum atomic E-state index is 0.457. The van der Waals surface area contributed by atoms with E-state index in [2.05, 4.69) is 85.8 Å². The number of hydrogen-bond acceptors (Lipinski definition) is 2. The Bertz CT molecular complexity index is 520. The molecule has 1 atom stereocenters. The lowest BCUT2D eigenvalue weighted by atomic mass is 10.0. The molecule has 0 aliphatic rings. The second kappa shape index (κ2) is 6.99. The number of benzene rings is 2. The maximum absolute atomic E-state index is 3.69. The van der Waals surface area contributed by atoms with Crippen LogP contribution >= 0.6 is 0 Å². The van der Waals surface area contributed by atoms with Crippen molar-refractivity contribution in [2.75, 3.05) is 24.3 Å². The lowest BCUT2D eigenvalue weighted by Gasteiger charge is -2.23. The van der Waals surface area contributed by atoms with Crippen LogP contribution in [0.2, 0.25) is 0 Å². The summed E-state index contributed by atoms with van der Waals surface area (Å²) in [4.78, 5) is 2.15. The molecule has 0 saturated carbocycles. The van der Waals surface area contributed by atoms with Gasteiger partial charge in [-0.05, 0) is 30.5 Å². The second-order valence-corrected chi connectivity index (χ2v) is 5.35. The van der Waals surface area contributed by atoms with Gasteiger partial charge in [-0.25, -0.2) is 0 Å². The molecule has 0 spiro atoms. The van der Waals surface area contributed by atoms with Crippen LogP contribution in [0, 0.1) is 0 Å². The first-order valence-corrected chi connectivity index (χ1v) is 7.27. The van der Waals surface area contributed by atoms with Gasteiger partial charge in [0.1, 0.15) is 0 Å². The van der Waals surface area contributed by atoms with E-state index in [9.17, 15) is 0 Å². The quantitative estimate of drug-likeness (QED) is 0.845. The lowest BCUT2D eigenvalue weighted by molar-refractivity contribution is 0.690. The van der Waals surface area contributed by atoms with Crippen molar-refractivity contribution in [3.63, 3.8) is 0 Å². The third-order valence-electron chi connectivity index (χ3n) is 3.56. The summed E-state index contributed by atoms with van der Waals surface area (Å²) >= 11 is 0. The van der Waals surface area contributed by atoms with Gasteiger partial charge in [-0.3, -0.25) is 0 Å². The van der Waals surface area contributed by atoms with E-state index in [1.54, 1.807) is 0 Å². The summed E-state index contributed by atoms with van der Waals surface area (Å²) in [6.45, 7) is 2.24. The molecular formula is C18H24N2. The first kappa shape index (κ1) is 14.4. The van der Waals surface area contributed by atoms with Gasteiger partial charge in [0.05, 0.1) is 11.4 Å². The van der Waals surface area contributed by atoms with Gasteiger partial charge in [-0.2, -0.15) is 0 Å². The predicted octanol–water partition coefficient (Wildman–Crippen LogP) is 4.19. The van der Waals surface area contributed by atoms with E-state index in [4.69, 9.17) is 0 Å². The van der Waals surface area contributed by atoms with Crippen LogP contribution in [0.3, 0.4) is 0 Å². The third kappa shape index (κ3) is 3.77. The largest absolute Gasteiger partial charge is 0.380 e. The Hall–Kier alpha value is -1.96. The van der Waals surface area contributed by atoms with Crippen molar-refractivity contribution < 1.29 is 0 Å². The van der Waals surface area contributed by atoms with Crippen molar-refractivity contribution in [1.82, 2.24) is 0 Å². The normalized spacial score (nSPS) is 11.9. The summed E-state index contributed by atoms with van der Waals surface area (Å²) in [7, 11) is 4.16. The fraction of sp³-hybridized carbons (Fsp3) is 0.333. The highest BCUT2D eigenvalue weighted by Crippen LogP contribution is 2.25. The van der Waals surface area contributed by atoms with Crippen molar-refractivity contribution in [3.8, 4) is 0 Å². The van der Waals surface area contributed by atoms with E-state index in [1.807, 2.05) is 0 Å². The number of nitrogens with one attached hydrogen (secondary N) is 1. The SMILES string of the molecule is CCC(Cc1ccccc1)Nc1ccccc1N(C)C. The van der Waals surface area contributed by atoms with Crippen LogP contribution in [0.25, 0.3) is 0 Å². The summed E-state index contributed by atoms with van der Waals surface area (Å²) in [6.07, 6.45) is 2.16. The zero-order valence-electron chi connectivity index (χ0n) is 12.6. The average Bonchev–Trinajstić information content (AvgIpc) is 2.48. The van der Waals surface area contributed by atoms with E-state index in [0.717, 1.165) is 12.8 Å². The third-order valence-corrected chi connectivity index (χ3v) is 3.56. The summed E-state index contributed by atoms with van der Waals surface area (Å²) in [5.74, 6) is 0. The van der Waals surface area contributed by atoms with Gasteiger partial charge < -0.3 is 10.2 Å². The van der Waals surface area contributed by atoms with Crippen molar-refractivity contribution >= 4 is 11.4 Å². The number of para-hydroxylation sites is 2. The molecular weight excluding hydrogens is 244 g/mol.